The van der Waals surface area contributed by atoms with Crippen LogP contribution in [0, 0.1) is 6.07 Å². The van der Waals surface area contributed by atoms with E-state index < -0.39 is 0 Å². The van der Waals surface area contributed by atoms with E-state index in [1.54, 1.807) is 0 Å². The highest BCUT2D eigenvalue weighted by molar-refractivity contribution is 5.94. The van der Waals surface area contributed by atoms with Crippen molar-refractivity contribution in [3.05, 3.63) is 59.7 Å². The van der Waals surface area contributed by atoms with E-state index in [1.165, 1.54) is 11.3 Å². The van der Waals surface area contributed by atoms with E-state index in [-0.39, 0.29) is 12.5 Å². The van der Waals surface area contributed by atoms with Crippen LogP contribution in [-0.4, -0.2) is 30.7 Å². The number of carbonyl (C=O) groups is 1. The van der Waals surface area contributed by atoms with Crippen LogP contribution in [0.5, 0.6) is 0 Å². The average molecular weight is 295 g/mol. The maximum Gasteiger partial charge on any atom is 0.251 e. The lowest BCUT2D eigenvalue weighted by atomic mass is 10.1. The van der Waals surface area contributed by atoms with E-state index in [1.807, 2.05) is 36.4 Å². The van der Waals surface area contributed by atoms with Crippen molar-refractivity contribution in [1.29, 1.82) is 0 Å². The topological polar surface area (TPSA) is 52.6 Å². The highest BCUT2D eigenvalue weighted by atomic mass is 16.3. The summed E-state index contributed by atoms with van der Waals surface area (Å²) in [5.41, 5.74) is 4.17. The zero-order valence-electron chi connectivity index (χ0n) is 12.4. The lowest BCUT2D eigenvalue weighted by Crippen LogP contribution is -2.25. The third kappa shape index (κ3) is 2.97. The molecule has 0 fully saturated rings. The number of rotatable bonds is 5. The van der Waals surface area contributed by atoms with E-state index in [2.05, 4.69) is 22.3 Å². The van der Waals surface area contributed by atoms with Crippen molar-refractivity contribution in [2.24, 2.45) is 0 Å². The minimum atomic E-state index is -0.102. The quantitative estimate of drug-likeness (QED) is 0.832. The number of carbonyl (C=O) groups excluding carboxylic acids is 1. The van der Waals surface area contributed by atoms with Gasteiger partial charge in [-0.15, -0.1) is 0 Å². The summed E-state index contributed by atoms with van der Waals surface area (Å²) < 4.78 is 0. The Morgan fingerprint density at radius 2 is 2.09 bits per heavy atom. The van der Waals surface area contributed by atoms with Gasteiger partial charge in [0.15, 0.2) is 0 Å². The van der Waals surface area contributed by atoms with Gasteiger partial charge in [0.1, 0.15) is 0 Å². The molecule has 2 aromatic rings. The number of hydrogen-bond donors (Lipinski definition) is 2. The standard InChI is InChI=1S/C18H19N2O2/c21-13-3-11-19-18(22)15-6-8-16(9-7-15)20-12-10-14-4-1-2-5-17(14)20/h1-2,5-9,21H,3,10-13H2,(H,19,22). The molecule has 1 amide bonds. The van der Waals surface area contributed by atoms with Crippen molar-refractivity contribution in [2.75, 3.05) is 24.6 Å². The molecule has 113 valence electrons. The van der Waals surface area contributed by atoms with Crippen LogP contribution in [0.2, 0.25) is 0 Å². The Balaban J connectivity index is 1.71. The van der Waals surface area contributed by atoms with Gasteiger partial charge in [0, 0.05) is 36.6 Å². The van der Waals surface area contributed by atoms with Crippen LogP contribution in [0.1, 0.15) is 22.3 Å². The van der Waals surface area contributed by atoms with Crippen molar-refractivity contribution in [2.45, 2.75) is 12.8 Å². The van der Waals surface area contributed by atoms with Gasteiger partial charge >= 0.3 is 0 Å². The first kappa shape index (κ1) is 14.6. The summed E-state index contributed by atoms with van der Waals surface area (Å²) in [5, 5.41) is 11.5. The van der Waals surface area contributed by atoms with Crippen molar-refractivity contribution in [3.8, 4) is 0 Å². The summed E-state index contributed by atoms with van der Waals surface area (Å²) >= 11 is 0. The minimum Gasteiger partial charge on any atom is -0.396 e. The van der Waals surface area contributed by atoms with Crippen LogP contribution in [0.15, 0.2) is 42.5 Å². The fraction of sp³-hybridized carbons (Fsp3) is 0.278. The van der Waals surface area contributed by atoms with E-state index in [0.29, 0.717) is 18.5 Å². The number of amides is 1. The Morgan fingerprint density at radius 1 is 1.27 bits per heavy atom. The second kappa shape index (κ2) is 6.62. The molecule has 2 aromatic carbocycles. The molecule has 1 heterocycles. The molecule has 4 heteroatoms. The van der Waals surface area contributed by atoms with Crippen LogP contribution < -0.4 is 10.2 Å². The third-order valence-corrected chi connectivity index (χ3v) is 3.85. The van der Waals surface area contributed by atoms with Gasteiger partial charge in [0.2, 0.25) is 0 Å². The first-order valence-corrected chi connectivity index (χ1v) is 7.56. The highest BCUT2D eigenvalue weighted by Crippen LogP contribution is 2.33. The summed E-state index contributed by atoms with van der Waals surface area (Å²) in [6, 6.07) is 17.0. The molecule has 3 rings (SSSR count). The smallest absolute Gasteiger partial charge is 0.251 e. The van der Waals surface area contributed by atoms with Crippen molar-refractivity contribution in [3.63, 3.8) is 0 Å². The predicted molar refractivity (Wildman–Crippen MR) is 86.5 cm³/mol. The molecule has 2 N–H and O–H groups in total. The Kier molecular flexibility index (Phi) is 4.39. The second-order valence-corrected chi connectivity index (χ2v) is 5.32. The number of fused-ring (bicyclic) bond motifs is 1. The molecule has 0 atom stereocenters. The second-order valence-electron chi connectivity index (χ2n) is 5.32. The first-order chi connectivity index (χ1) is 10.8. The maximum absolute atomic E-state index is 11.9. The van der Waals surface area contributed by atoms with Gasteiger partial charge in [0.25, 0.3) is 5.91 Å². The van der Waals surface area contributed by atoms with E-state index in [0.717, 1.165) is 18.7 Å². The summed E-state index contributed by atoms with van der Waals surface area (Å²) in [4.78, 5) is 14.2. The predicted octanol–water partition coefficient (Wildman–Crippen LogP) is 2.29. The monoisotopic (exact) mass is 295 g/mol. The van der Waals surface area contributed by atoms with Gasteiger partial charge in [-0.05, 0) is 54.8 Å². The van der Waals surface area contributed by atoms with Crippen molar-refractivity contribution in [1.82, 2.24) is 5.32 Å². The Bertz CT molecular complexity index is 652. The molecule has 0 spiro atoms. The molecule has 1 radical (unpaired) electrons. The number of anilines is 2. The zero-order valence-corrected chi connectivity index (χ0v) is 12.4. The van der Waals surface area contributed by atoms with Crippen molar-refractivity contribution >= 4 is 17.3 Å². The lowest BCUT2D eigenvalue weighted by Gasteiger charge is -2.19. The van der Waals surface area contributed by atoms with Gasteiger partial charge < -0.3 is 15.3 Å². The first-order valence-electron chi connectivity index (χ1n) is 7.56. The van der Waals surface area contributed by atoms with E-state index in [4.69, 9.17) is 5.11 Å². The van der Waals surface area contributed by atoms with Gasteiger partial charge in [-0.3, -0.25) is 4.79 Å². The number of hydrogen-bond acceptors (Lipinski definition) is 3. The van der Waals surface area contributed by atoms with Gasteiger partial charge in [0.05, 0.1) is 0 Å². The van der Waals surface area contributed by atoms with Crippen LogP contribution in [0.25, 0.3) is 0 Å². The molecule has 0 bridgehead atoms. The number of nitrogens with one attached hydrogen (secondary N) is 1. The average Bonchev–Trinajstić information content (AvgIpc) is 2.99. The molecule has 4 nitrogen and oxygen atoms in total. The van der Waals surface area contributed by atoms with Crippen LogP contribution in [0.4, 0.5) is 11.4 Å². The molecule has 0 aliphatic carbocycles. The van der Waals surface area contributed by atoms with E-state index >= 15 is 0 Å². The molecule has 0 saturated heterocycles. The fourth-order valence-corrected chi connectivity index (χ4v) is 2.70. The molecule has 1 aliphatic rings. The fourth-order valence-electron chi connectivity index (χ4n) is 2.70. The molecule has 0 aromatic heterocycles. The Labute approximate surface area is 130 Å². The normalized spacial score (nSPS) is 13.0. The Hall–Kier alpha value is -2.33. The Morgan fingerprint density at radius 3 is 2.86 bits per heavy atom. The van der Waals surface area contributed by atoms with Crippen LogP contribution in [0.3, 0.4) is 0 Å². The van der Waals surface area contributed by atoms with Gasteiger partial charge in [-0.1, -0.05) is 12.1 Å². The van der Waals surface area contributed by atoms with Crippen LogP contribution >= 0.6 is 0 Å². The number of aliphatic hydroxyl groups is 1. The SMILES string of the molecule is O=C(NCCCO)c1ccc(N2CCc3[c]cccc32)cc1. The molecular weight excluding hydrogens is 276 g/mol. The van der Waals surface area contributed by atoms with Gasteiger partial charge in [-0.2, -0.15) is 0 Å². The lowest BCUT2D eigenvalue weighted by molar-refractivity contribution is 0.0951. The maximum atomic E-state index is 11.9. The molecule has 0 saturated carbocycles. The summed E-state index contributed by atoms with van der Waals surface area (Å²) in [5.74, 6) is -0.102. The van der Waals surface area contributed by atoms with Gasteiger partial charge in [-0.25, -0.2) is 0 Å². The number of nitrogens with zero attached hydrogens (tertiary/aromatic N) is 1. The molecule has 22 heavy (non-hydrogen) atoms. The zero-order chi connectivity index (χ0) is 15.4. The summed E-state index contributed by atoms with van der Waals surface area (Å²) in [7, 11) is 0. The summed E-state index contributed by atoms with van der Waals surface area (Å²) in [6.45, 7) is 1.52. The third-order valence-electron chi connectivity index (χ3n) is 3.85. The van der Waals surface area contributed by atoms with E-state index in [9.17, 15) is 4.79 Å². The highest BCUT2D eigenvalue weighted by Gasteiger charge is 2.19. The minimum absolute atomic E-state index is 0.0879. The molecule has 1 aliphatic heterocycles. The number of benzene rings is 2. The largest absolute Gasteiger partial charge is 0.396 e. The number of aliphatic hydroxyl groups excluding tert-OH is 1. The summed E-state index contributed by atoms with van der Waals surface area (Å²) in [6.07, 6.45) is 1.57. The molecular formula is C18H19N2O2. The van der Waals surface area contributed by atoms with Crippen LogP contribution in [-0.2, 0) is 6.42 Å². The molecule has 0 unspecified atom stereocenters. The van der Waals surface area contributed by atoms with Crippen molar-refractivity contribution < 1.29 is 9.90 Å².